The van der Waals surface area contributed by atoms with Gasteiger partial charge in [-0.25, -0.2) is 26.8 Å². The van der Waals surface area contributed by atoms with E-state index >= 15 is 0 Å². The van der Waals surface area contributed by atoms with E-state index in [0.29, 0.717) is 35.3 Å². The number of nitrogens with zero attached hydrogens (tertiary/aromatic N) is 4. The zero-order valence-electron chi connectivity index (χ0n) is 39.2. The van der Waals surface area contributed by atoms with E-state index in [1.807, 2.05) is 125 Å². The lowest BCUT2D eigenvalue weighted by Crippen LogP contribution is -2.30. The molecule has 0 saturated heterocycles. The monoisotopic (exact) mass is 1080 g/mol. The lowest BCUT2D eigenvalue weighted by molar-refractivity contribution is 0.0737. The highest BCUT2D eigenvalue weighted by atomic mass is 79.9. The van der Waals surface area contributed by atoms with Gasteiger partial charge in [0.1, 0.15) is 22.9 Å². The highest BCUT2D eigenvalue weighted by molar-refractivity contribution is 9.10. The molecule has 6 aromatic carbocycles. The molecule has 0 amide bonds. The van der Waals surface area contributed by atoms with Crippen LogP contribution in [0.1, 0.15) is 50.2 Å². The third-order valence-electron chi connectivity index (χ3n) is 10.8. The molecule has 2 heterocycles. The van der Waals surface area contributed by atoms with Gasteiger partial charge in [0.2, 0.25) is 0 Å². The van der Waals surface area contributed by atoms with Crippen molar-refractivity contribution in [3.63, 3.8) is 0 Å². The van der Waals surface area contributed by atoms with Gasteiger partial charge in [-0.2, -0.15) is 0 Å². The zero-order chi connectivity index (χ0) is 51.2. The molecular weight excluding hydrogens is 1030 g/mol. The molecule has 12 nitrogen and oxygen atoms in total. The van der Waals surface area contributed by atoms with Gasteiger partial charge < -0.3 is 29.4 Å². The summed E-state index contributed by atoms with van der Waals surface area (Å²) in [6.07, 6.45) is 6.01. The first-order chi connectivity index (χ1) is 32.8. The van der Waals surface area contributed by atoms with Crippen LogP contribution >= 0.6 is 39.1 Å². The van der Waals surface area contributed by atoms with Gasteiger partial charge in [0.05, 0.1) is 34.3 Å². The topological polar surface area (TPSA) is 185 Å². The summed E-state index contributed by atoms with van der Waals surface area (Å²) in [7, 11) is -8.20. The van der Waals surface area contributed by atoms with Gasteiger partial charge >= 0.3 is 7.12 Å². The van der Waals surface area contributed by atoms with Crippen LogP contribution in [0.15, 0.2) is 172 Å². The fourth-order valence-electron chi connectivity index (χ4n) is 6.97. The van der Waals surface area contributed by atoms with E-state index in [9.17, 15) is 27.0 Å². The molecule has 8 aromatic rings. The lowest BCUT2D eigenvalue weighted by Gasteiger charge is -2.13. The molecule has 2 aromatic heterocycles. The highest BCUT2D eigenvalue weighted by Gasteiger charge is 2.24. The highest BCUT2D eigenvalue weighted by Crippen LogP contribution is 2.31. The van der Waals surface area contributed by atoms with Crippen molar-refractivity contribution in [1.29, 1.82) is 0 Å². The summed E-state index contributed by atoms with van der Waals surface area (Å²) < 4.78 is 50.9. The Morgan fingerprint density at radius 2 is 0.943 bits per heavy atom. The van der Waals surface area contributed by atoms with Crippen LogP contribution in [-0.2, 0) is 44.0 Å². The summed E-state index contributed by atoms with van der Waals surface area (Å²) in [5.41, 5.74) is 4.82. The summed E-state index contributed by atoms with van der Waals surface area (Å²) in [5.74, 6) is 1.52. The summed E-state index contributed by atoms with van der Waals surface area (Å²) >= 11 is 16.1. The van der Waals surface area contributed by atoms with Crippen molar-refractivity contribution >= 4 is 71.4 Å². The van der Waals surface area contributed by atoms with Gasteiger partial charge in [0.25, 0.3) is 0 Å². The first kappa shape index (κ1) is 53.9. The number of rotatable bonds is 12. The third kappa shape index (κ3) is 14.4. The van der Waals surface area contributed by atoms with Crippen molar-refractivity contribution in [2.24, 2.45) is 0 Å². The predicted molar refractivity (Wildman–Crippen MR) is 283 cm³/mol. The number of aliphatic hydroxyl groups is 2. The fraction of sp³-hybridized carbons (Fsp3) is 0.192. The molecule has 18 heteroatoms. The Morgan fingerprint density at radius 1 is 0.543 bits per heavy atom. The Morgan fingerprint density at radius 3 is 1.36 bits per heavy atom. The molecule has 0 aliphatic rings. The van der Waals surface area contributed by atoms with Crippen molar-refractivity contribution in [1.82, 2.24) is 19.1 Å². The minimum absolute atomic E-state index is 0.0816. The number of hydrogen-bond donors (Lipinski definition) is 4. The number of hydrogen-bond acceptors (Lipinski definition) is 10. The van der Waals surface area contributed by atoms with Crippen molar-refractivity contribution < 1.29 is 37.1 Å². The van der Waals surface area contributed by atoms with E-state index < -0.39 is 38.0 Å². The molecule has 0 aliphatic heterocycles. The summed E-state index contributed by atoms with van der Waals surface area (Å²) in [6.45, 7) is 7.99. The van der Waals surface area contributed by atoms with E-state index in [1.165, 1.54) is 30.5 Å². The molecule has 0 unspecified atom stereocenters. The summed E-state index contributed by atoms with van der Waals surface area (Å²) in [4.78, 5) is 9.75. The smallest absolute Gasteiger partial charge is 0.423 e. The molecule has 0 saturated carbocycles. The molecule has 70 heavy (non-hydrogen) atoms. The molecule has 0 fully saturated rings. The quantitative estimate of drug-likeness (QED) is 0.0860. The third-order valence-corrected chi connectivity index (χ3v) is 14.3. The van der Waals surface area contributed by atoms with Crippen LogP contribution in [0.5, 0.6) is 0 Å². The Hall–Kier alpha value is -5.40. The van der Waals surface area contributed by atoms with Crippen LogP contribution in [0.3, 0.4) is 0 Å². The van der Waals surface area contributed by atoms with Gasteiger partial charge in [-0.15, -0.1) is 0 Å². The first-order valence-corrected chi connectivity index (χ1v) is 27.0. The largest absolute Gasteiger partial charge is 0.488 e. The van der Waals surface area contributed by atoms with E-state index in [0.717, 1.165) is 55.0 Å². The average Bonchev–Trinajstić information content (AvgIpc) is 3.94. The molecule has 0 aliphatic carbocycles. The van der Waals surface area contributed by atoms with Crippen LogP contribution in [0, 0.1) is 0 Å². The molecule has 4 N–H and O–H groups in total. The Kier molecular flexibility index (Phi) is 17.2. The molecule has 364 valence electrons. The number of benzene rings is 6. The normalized spacial score (nSPS) is 11.8. The van der Waals surface area contributed by atoms with Crippen LogP contribution in [0.4, 0.5) is 0 Å². The minimum atomic E-state index is -3.28. The maximum absolute atomic E-state index is 11.9. The van der Waals surface area contributed by atoms with Crippen molar-refractivity contribution in [3.8, 4) is 33.9 Å². The minimum Gasteiger partial charge on any atom is -0.423 e. The van der Waals surface area contributed by atoms with E-state index in [1.54, 1.807) is 45.9 Å². The first-order valence-electron chi connectivity index (χ1n) is 21.7. The molecule has 0 atom stereocenters. The van der Waals surface area contributed by atoms with Crippen LogP contribution < -0.4 is 5.46 Å². The van der Waals surface area contributed by atoms with Gasteiger partial charge in [0.15, 0.2) is 19.7 Å². The Bertz CT molecular complexity index is 3320. The molecule has 0 spiro atoms. The number of aromatic nitrogens is 4. The molecule has 8 rings (SSSR count). The van der Waals surface area contributed by atoms with Crippen LogP contribution in [0.2, 0.25) is 10.0 Å². The molecule has 0 radical (unpaired) electrons. The average molecular weight is 1090 g/mol. The molecule has 0 bridgehead atoms. The zero-order valence-corrected chi connectivity index (χ0v) is 43.9. The second kappa shape index (κ2) is 22.4. The van der Waals surface area contributed by atoms with Crippen LogP contribution in [0.25, 0.3) is 33.9 Å². The second-order valence-electron chi connectivity index (χ2n) is 17.6. The SMILES string of the molecule is CC(C)(O)c1cn(Cc2ccccc2Cl)c(-c2ccc(-c3cccc(S(C)(=O)=O)c3)cc2)n1.CC(C)(O)c1cn(Cc2ccccc2Cl)c(-c2ccc(Br)cc2)n1.CS(=O)(=O)c1cccc(B(O)O)c1. The number of halogens is 3. The number of sulfone groups is 2. The van der Waals surface area contributed by atoms with Gasteiger partial charge in [-0.05, 0) is 104 Å². The van der Waals surface area contributed by atoms with Gasteiger partial charge in [-0.3, -0.25) is 0 Å². The fourth-order valence-corrected chi connectivity index (χ4v) is 8.96. The van der Waals surface area contributed by atoms with E-state index in [4.69, 9.17) is 38.2 Å². The van der Waals surface area contributed by atoms with Crippen molar-refractivity contribution in [2.45, 2.75) is 61.8 Å². The maximum atomic E-state index is 11.9. The summed E-state index contributed by atoms with van der Waals surface area (Å²) in [6, 6.07) is 43.6. The predicted octanol–water partition coefficient (Wildman–Crippen LogP) is 9.56. The molecular formula is C52H52BBrCl2N4O8S2. The van der Waals surface area contributed by atoms with Crippen molar-refractivity contribution in [3.05, 3.63) is 195 Å². The number of imidazole rings is 2. The van der Waals surface area contributed by atoms with E-state index in [-0.39, 0.29) is 15.3 Å². The Labute approximate surface area is 428 Å². The second-order valence-corrected chi connectivity index (χ2v) is 23.3. The van der Waals surface area contributed by atoms with Gasteiger partial charge in [-0.1, -0.05) is 136 Å². The van der Waals surface area contributed by atoms with Crippen LogP contribution in [-0.4, -0.2) is 75.8 Å². The van der Waals surface area contributed by atoms with Crippen molar-refractivity contribution in [2.75, 3.05) is 12.5 Å². The van der Waals surface area contributed by atoms with E-state index in [2.05, 4.69) is 20.9 Å². The van der Waals surface area contributed by atoms with Gasteiger partial charge in [0, 0.05) is 50.6 Å². The standard InChI is InChI=1S/C26H25ClN2O3S.C19H18BrClN2O.C7H9BO4S/c1-26(2,30)24-17-29(16-21-7-4-5-10-23(21)27)25(28-24)19-13-11-18(12-14-19)20-8-6-9-22(15-20)33(3,31)32;1-19(2,24)17-12-23(11-14-5-3-4-6-16(14)21)18(22-17)13-7-9-15(20)10-8-13;1-13(11,12)7-4-2-3-6(5-7)8(9)10/h4-15,17,30H,16H2,1-3H3;3-10,12,24H,11H2,1-2H3;2-5,9-10H,1H3. The maximum Gasteiger partial charge on any atom is 0.488 e. The lowest BCUT2D eigenvalue weighted by atomic mass is 9.80. The summed E-state index contributed by atoms with van der Waals surface area (Å²) in [5, 5.41) is 39.8. The Balaban J connectivity index is 0.000000189.